The highest BCUT2D eigenvalue weighted by Crippen LogP contribution is 2.29. The zero-order valence-corrected chi connectivity index (χ0v) is 10.8. The van der Waals surface area contributed by atoms with Crippen molar-refractivity contribution in [3.8, 4) is 5.75 Å². The lowest BCUT2D eigenvalue weighted by Crippen LogP contribution is -2.31. The van der Waals surface area contributed by atoms with Crippen LogP contribution in [0.4, 0.5) is 0 Å². The summed E-state index contributed by atoms with van der Waals surface area (Å²) < 4.78 is 5.83. The maximum absolute atomic E-state index is 11.0. The molecule has 1 aromatic carbocycles. The highest BCUT2D eigenvalue weighted by molar-refractivity contribution is 6.32. The smallest absolute Gasteiger partial charge is 0.248 e. The zero-order valence-electron chi connectivity index (χ0n) is 10.1. The maximum atomic E-state index is 11.0. The van der Waals surface area contributed by atoms with E-state index in [0.717, 1.165) is 25.7 Å². The van der Waals surface area contributed by atoms with Crippen molar-refractivity contribution in [2.45, 2.75) is 37.8 Å². The van der Waals surface area contributed by atoms with Gasteiger partial charge >= 0.3 is 0 Å². The van der Waals surface area contributed by atoms with Crippen LogP contribution in [0.25, 0.3) is 0 Å². The number of carbonyl (C=O) groups excluding carboxylic acids is 1. The Morgan fingerprint density at radius 2 is 1.94 bits per heavy atom. The molecule has 0 aliphatic heterocycles. The van der Waals surface area contributed by atoms with E-state index in [0.29, 0.717) is 16.3 Å². The van der Waals surface area contributed by atoms with Crippen molar-refractivity contribution < 1.29 is 9.53 Å². The van der Waals surface area contributed by atoms with Gasteiger partial charge in [-0.1, -0.05) is 11.6 Å². The molecule has 0 atom stereocenters. The van der Waals surface area contributed by atoms with Gasteiger partial charge in [0.1, 0.15) is 5.75 Å². The number of rotatable bonds is 3. The van der Waals surface area contributed by atoms with E-state index in [9.17, 15) is 4.79 Å². The third-order valence-corrected chi connectivity index (χ3v) is 3.52. The van der Waals surface area contributed by atoms with Gasteiger partial charge in [-0.2, -0.15) is 0 Å². The minimum atomic E-state index is -0.493. The predicted molar refractivity (Wildman–Crippen MR) is 70.8 cm³/mol. The van der Waals surface area contributed by atoms with E-state index in [4.69, 9.17) is 27.8 Å². The van der Waals surface area contributed by atoms with Gasteiger partial charge in [0.25, 0.3) is 0 Å². The molecule has 0 unspecified atom stereocenters. The summed E-state index contributed by atoms with van der Waals surface area (Å²) in [6, 6.07) is 5.14. The first-order chi connectivity index (χ1) is 8.56. The minimum absolute atomic E-state index is 0.154. The number of nitrogens with two attached hydrogens (primary N) is 2. The molecule has 1 aliphatic rings. The third kappa shape index (κ3) is 3.15. The van der Waals surface area contributed by atoms with Crippen molar-refractivity contribution in [1.82, 2.24) is 0 Å². The Hall–Kier alpha value is -1.26. The highest BCUT2D eigenvalue weighted by Gasteiger charge is 2.20. The minimum Gasteiger partial charge on any atom is -0.489 e. The first kappa shape index (κ1) is 13.2. The molecule has 1 fully saturated rings. The summed E-state index contributed by atoms with van der Waals surface area (Å²) in [5, 5.41) is 0.418. The fourth-order valence-electron chi connectivity index (χ4n) is 2.14. The molecule has 0 bridgehead atoms. The summed E-state index contributed by atoms with van der Waals surface area (Å²) in [7, 11) is 0. The van der Waals surface area contributed by atoms with Crippen LogP contribution in [0.2, 0.25) is 5.02 Å². The molecule has 0 saturated heterocycles. The number of hydrogen-bond acceptors (Lipinski definition) is 3. The van der Waals surface area contributed by atoms with Crippen LogP contribution in [0.15, 0.2) is 18.2 Å². The Kier molecular flexibility index (Phi) is 4.09. The van der Waals surface area contributed by atoms with Crippen LogP contribution in [0.1, 0.15) is 36.0 Å². The Morgan fingerprint density at radius 3 is 2.50 bits per heavy atom. The fourth-order valence-corrected chi connectivity index (χ4v) is 2.36. The molecule has 1 aliphatic carbocycles. The first-order valence-corrected chi connectivity index (χ1v) is 6.45. The first-order valence-electron chi connectivity index (χ1n) is 6.08. The Bertz CT molecular complexity index is 443. The van der Waals surface area contributed by atoms with Gasteiger partial charge in [0, 0.05) is 11.6 Å². The number of ether oxygens (including phenoxy) is 1. The van der Waals surface area contributed by atoms with E-state index in [1.54, 1.807) is 12.1 Å². The monoisotopic (exact) mass is 268 g/mol. The maximum Gasteiger partial charge on any atom is 0.248 e. The van der Waals surface area contributed by atoms with Gasteiger partial charge in [0.2, 0.25) is 5.91 Å². The molecule has 1 aromatic rings. The van der Waals surface area contributed by atoms with E-state index >= 15 is 0 Å². The summed E-state index contributed by atoms with van der Waals surface area (Å²) in [5.74, 6) is 0.106. The van der Waals surface area contributed by atoms with E-state index in [1.165, 1.54) is 6.07 Å². The van der Waals surface area contributed by atoms with Gasteiger partial charge in [0.05, 0.1) is 11.1 Å². The lowest BCUT2D eigenvalue weighted by Gasteiger charge is -2.27. The molecule has 98 valence electrons. The zero-order chi connectivity index (χ0) is 13.1. The van der Waals surface area contributed by atoms with Crippen molar-refractivity contribution in [1.29, 1.82) is 0 Å². The van der Waals surface area contributed by atoms with Gasteiger partial charge < -0.3 is 16.2 Å². The largest absolute Gasteiger partial charge is 0.489 e. The number of amides is 1. The standard InChI is InChI=1S/C13H17ClN2O2/c14-11-7-8(13(16)17)1-6-12(11)18-10-4-2-9(15)3-5-10/h1,6-7,9-10H,2-5,15H2,(H2,16,17). The lowest BCUT2D eigenvalue weighted by molar-refractivity contribution is 0.1000. The van der Waals surface area contributed by atoms with E-state index in [2.05, 4.69) is 0 Å². The van der Waals surface area contributed by atoms with Gasteiger partial charge in [-0.25, -0.2) is 0 Å². The topological polar surface area (TPSA) is 78.3 Å². The number of hydrogen-bond donors (Lipinski definition) is 2. The molecule has 0 aromatic heterocycles. The molecule has 1 saturated carbocycles. The molecule has 1 amide bonds. The van der Waals surface area contributed by atoms with Crippen LogP contribution in [0, 0.1) is 0 Å². The van der Waals surface area contributed by atoms with Crippen molar-refractivity contribution in [3.63, 3.8) is 0 Å². The average Bonchev–Trinajstić information content (AvgIpc) is 2.34. The third-order valence-electron chi connectivity index (χ3n) is 3.23. The summed E-state index contributed by atoms with van der Waals surface area (Å²) in [4.78, 5) is 11.0. The van der Waals surface area contributed by atoms with Crippen LogP contribution < -0.4 is 16.2 Å². The molecule has 4 nitrogen and oxygen atoms in total. The SMILES string of the molecule is NC(=O)c1ccc(OC2CCC(N)CC2)c(Cl)c1. The number of benzene rings is 1. The number of halogens is 1. The second-order valence-electron chi connectivity index (χ2n) is 4.66. The average molecular weight is 269 g/mol. The van der Waals surface area contributed by atoms with Crippen LogP contribution >= 0.6 is 11.6 Å². The Morgan fingerprint density at radius 1 is 1.28 bits per heavy atom. The molecule has 0 radical (unpaired) electrons. The van der Waals surface area contributed by atoms with Crippen LogP contribution in [-0.4, -0.2) is 18.1 Å². The molecular weight excluding hydrogens is 252 g/mol. The van der Waals surface area contributed by atoms with E-state index in [1.807, 2.05) is 0 Å². The van der Waals surface area contributed by atoms with Crippen molar-refractivity contribution >= 4 is 17.5 Å². The summed E-state index contributed by atoms with van der Waals surface area (Å²) in [6.07, 6.45) is 3.98. The lowest BCUT2D eigenvalue weighted by atomic mass is 9.94. The molecule has 0 heterocycles. The van der Waals surface area contributed by atoms with Gasteiger partial charge in [-0.15, -0.1) is 0 Å². The van der Waals surface area contributed by atoms with Gasteiger partial charge in [0.15, 0.2) is 0 Å². The van der Waals surface area contributed by atoms with Crippen molar-refractivity contribution in [2.75, 3.05) is 0 Å². The normalized spacial score (nSPS) is 23.7. The highest BCUT2D eigenvalue weighted by atomic mass is 35.5. The Balaban J connectivity index is 2.03. The van der Waals surface area contributed by atoms with Crippen LogP contribution in [0.3, 0.4) is 0 Å². The molecule has 0 spiro atoms. The van der Waals surface area contributed by atoms with E-state index < -0.39 is 5.91 Å². The Labute approximate surface area is 111 Å². The molecule has 2 rings (SSSR count). The summed E-state index contributed by atoms with van der Waals surface area (Å²) in [5.41, 5.74) is 11.4. The predicted octanol–water partition coefficient (Wildman–Crippen LogP) is 2.09. The summed E-state index contributed by atoms with van der Waals surface area (Å²) in [6.45, 7) is 0. The fraction of sp³-hybridized carbons (Fsp3) is 0.462. The quantitative estimate of drug-likeness (QED) is 0.881. The van der Waals surface area contributed by atoms with Crippen molar-refractivity contribution in [2.24, 2.45) is 11.5 Å². The molecule has 4 N–H and O–H groups in total. The van der Waals surface area contributed by atoms with Crippen LogP contribution in [-0.2, 0) is 0 Å². The second kappa shape index (κ2) is 5.59. The van der Waals surface area contributed by atoms with Gasteiger partial charge in [-0.05, 0) is 43.9 Å². The van der Waals surface area contributed by atoms with Gasteiger partial charge in [-0.3, -0.25) is 4.79 Å². The van der Waals surface area contributed by atoms with Crippen LogP contribution in [0.5, 0.6) is 5.75 Å². The summed E-state index contributed by atoms with van der Waals surface area (Å²) >= 11 is 6.06. The second-order valence-corrected chi connectivity index (χ2v) is 5.07. The van der Waals surface area contributed by atoms with Crippen molar-refractivity contribution in [3.05, 3.63) is 28.8 Å². The molecule has 5 heteroatoms. The molecular formula is C13H17ClN2O2. The number of carbonyl (C=O) groups is 1. The number of primary amides is 1. The molecule has 18 heavy (non-hydrogen) atoms. The van der Waals surface area contributed by atoms with E-state index in [-0.39, 0.29) is 12.1 Å².